The number of hydrogen-bond donors (Lipinski definition) is 1. The zero-order valence-electron chi connectivity index (χ0n) is 14.0. The summed E-state index contributed by atoms with van der Waals surface area (Å²) in [6, 6.07) is 1.12. The molecule has 2 aromatic rings. The molecule has 0 aliphatic heterocycles. The summed E-state index contributed by atoms with van der Waals surface area (Å²) < 4.78 is 43.6. The third-order valence-corrected chi connectivity index (χ3v) is 5.51. The van der Waals surface area contributed by atoms with Gasteiger partial charge in [-0.05, 0) is 19.3 Å². The van der Waals surface area contributed by atoms with Crippen LogP contribution in [0.15, 0.2) is 17.1 Å². The molecule has 0 saturated carbocycles. The number of aryl methyl sites for hydroxylation is 1. The van der Waals surface area contributed by atoms with Gasteiger partial charge in [0, 0.05) is 24.2 Å². The van der Waals surface area contributed by atoms with E-state index in [1.807, 2.05) is 0 Å². The van der Waals surface area contributed by atoms with Crippen LogP contribution >= 0.6 is 11.3 Å². The van der Waals surface area contributed by atoms with Gasteiger partial charge in [0.15, 0.2) is 10.9 Å². The number of aromatic amines is 1. The molecule has 0 saturated heterocycles. The molecule has 6 nitrogen and oxygen atoms in total. The van der Waals surface area contributed by atoms with E-state index in [2.05, 4.69) is 9.97 Å². The van der Waals surface area contributed by atoms with Gasteiger partial charge in [0.1, 0.15) is 5.69 Å². The van der Waals surface area contributed by atoms with Crippen molar-refractivity contribution in [2.45, 2.75) is 25.4 Å². The van der Waals surface area contributed by atoms with Crippen LogP contribution in [0.2, 0.25) is 0 Å². The first kappa shape index (κ1) is 18.4. The number of aromatic nitrogens is 2. The second kappa shape index (κ2) is 6.75. The highest BCUT2D eigenvalue weighted by Crippen LogP contribution is 2.40. The number of alkyl halides is 3. The van der Waals surface area contributed by atoms with Gasteiger partial charge in [0.05, 0.1) is 18.7 Å². The summed E-state index contributed by atoms with van der Waals surface area (Å²) in [6.45, 7) is 0. The molecule has 140 valence electrons. The zero-order chi connectivity index (χ0) is 19.1. The van der Waals surface area contributed by atoms with Crippen LogP contribution in [0.25, 0.3) is 0 Å². The Balaban J connectivity index is 1.82. The van der Waals surface area contributed by atoms with Gasteiger partial charge in [-0.2, -0.15) is 13.2 Å². The van der Waals surface area contributed by atoms with Crippen LogP contribution in [-0.4, -0.2) is 36.2 Å². The van der Waals surface area contributed by atoms with Crippen molar-refractivity contribution in [3.05, 3.63) is 38.8 Å². The van der Waals surface area contributed by atoms with E-state index in [1.54, 1.807) is 0 Å². The predicted octanol–water partition coefficient (Wildman–Crippen LogP) is 2.78. The molecule has 26 heavy (non-hydrogen) atoms. The number of amides is 1. The molecular formula is C16H16F3N3O3S. The number of hydrogen-bond acceptors (Lipinski definition) is 5. The molecule has 1 atom stereocenters. The maximum atomic E-state index is 12.9. The molecule has 0 fully saturated rings. The zero-order valence-corrected chi connectivity index (χ0v) is 14.8. The van der Waals surface area contributed by atoms with Gasteiger partial charge in [-0.25, -0.2) is 4.98 Å². The summed E-state index contributed by atoms with van der Waals surface area (Å²) >= 11 is 1.08. The molecule has 1 N–H and O–H groups in total. The standard InChI is InChI=1S/C16H16F3N3O3S/c1-22(14(24)10-6-11(23)12(25-2)7-20-10)15-21-9-4-3-8(16(17,18)19)5-13(9)26-15/h6-8H,3-5H2,1-2H3,(H,20,23). The number of carbonyl (C=O) groups excluding carboxylic acids is 1. The number of anilines is 1. The van der Waals surface area contributed by atoms with Crippen molar-refractivity contribution >= 4 is 22.4 Å². The van der Waals surface area contributed by atoms with E-state index >= 15 is 0 Å². The third kappa shape index (κ3) is 3.46. The minimum absolute atomic E-state index is 0.00311. The molecule has 0 radical (unpaired) electrons. The number of thiazole rings is 1. The summed E-state index contributed by atoms with van der Waals surface area (Å²) in [5.74, 6) is -1.81. The molecule has 1 aliphatic carbocycles. The summed E-state index contributed by atoms with van der Waals surface area (Å²) in [6.07, 6.45) is -2.82. The van der Waals surface area contributed by atoms with Crippen molar-refractivity contribution < 1.29 is 22.7 Å². The van der Waals surface area contributed by atoms with Crippen molar-refractivity contribution in [1.29, 1.82) is 0 Å². The van der Waals surface area contributed by atoms with Crippen LogP contribution in [-0.2, 0) is 12.8 Å². The Morgan fingerprint density at radius 2 is 2.19 bits per heavy atom. The Morgan fingerprint density at radius 1 is 1.46 bits per heavy atom. The van der Waals surface area contributed by atoms with Crippen LogP contribution in [0.4, 0.5) is 18.3 Å². The maximum absolute atomic E-state index is 12.9. The summed E-state index contributed by atoms with van der Waals surface area (Å²) in [7, 11) is 2.81. The van der Waals surface area contributed by atoms with E-state index in [-0.39, 0.29) is 30.7 Å². The first-order chi connectivity index (χ1) is 12.2. The number of fused-ring (bicyclic) bond motifs is 1. The molecule has 0 bridgehead atoms. The topological polar surface area (TPSA) is 75.3 Å². The quantitative estimate of drug-likeness (QED) is 0.879. The molecule has 1 unspecified atom stereocenters. The van der Waals surface area contributed by atoms with Gasteiger partial charge >= 0.3 is 6.18 Å². The second-order valence-corrected chi connectivity index (χ2v) is 7.05. The first-order valence-corrected chi connectivity index (χ1v) is 8.62. The Morgan fingerprint density at radius 3 is 2.81 bits per heavy atom. The minimum atomic E-state index is -4.23. The lowest BCUT2D eigenvalue weighted by Gasteiger charge is -2.23. The first-order valence-electron chi connectivity index (χ1n) is 7.80. The number of nitrogens with one attached hydrogen (secondary N) is 1. The third-order valence-electron chi connectivity index (χ3n) is 4.31. The smallest absolute Gasteiger partial charge is 0.392 e. The predicted molar refractivity (Wildman–Crippen MR) is 90.0 cm³/mol. The molecule has 0 aromatic carbocycles. The van der Waals surface area contributed by atoms with E-state index in [0.29, 0.717) is 15.7 Å². The molecular weight excluding hydrogens is 371 g/mol. The van der Waals surface area contributed by atoms with Gasteiger partial charge in [0.25, 0.3) is 5.91 Å². The average Bonchev–Trinajstić information content (AvgIpc) is 3.02. The van der Waals surface area contributed by atoms with E-state index in [9.17, 15) is 22.8 Å². The fraction of sp³-hybridized carbons (Fsp3) is 0.438. The van der Waals surface area contributed by atoms with Crippen LogP contribution in [0, 0.1) is 5.92 Å². The molecule has 0 spiro atoms. The highest BCUT2D eigenvalue weighted by atomic mass is 32.1. The molecule has 1 aliphatic rings. The summed E-state index contributed by atoms with van der Waals surface area (Å²) in [5, 5.41) is 0.305. The Kier molecular flexibility index (Phi) is 4.78. The van der Waals surface area contributed by atoms with E-state index in [4.69, 9.17) is 4.74 Å². The Bertz CT molecular complexity index is 891. The molecule has 3 rings (SSSR count). The van der Waals surface area contributed by atoms with Crippen molar-refractivity contribution in [3.8, 4) is 5.75 Å². The lowest BCUT2D eigenvalue weighted by molar-refractivity contribution is -0.176. The lowest BCUT2D eigenvalue weighted by atomic mass is 9.91. The van der Waals surface area contributed by atoms with Crippen molar-refractivity contribution in [3.63, 3.8) is 0 Å². The maximum Gasteiger partial charge on any atom is 0.392 e. The van der Waals surface area contributed by atoms with Gasteiger partial charge < -0.3 is 9.72 Å². The molecule has 10 heteroatoms. The molecule has 2 aromatic heterocycles. The van der Waals surface area contributed by atoms with E-state index in [1.165, 1.54) is 25.3 Å². The van der Waals surface area contributed by atoms with Crippen molar-refractivity contribution in [2.24, 2.45) is 5.92 Å². The van der Waals surface area contributed by atoms with Gasteiger partial charge in [-0.3, -0.25) is 14.5 Å². The number of nitrogens with zero attached hydrogens (tertiary/aromatic N) is 2. The number of rotatable bonds is 3. The normalized spacial score (nSPS) is 16.9. The summed E-state index contributed by atoms with van der Waals surface area (Å²) in [4.78, 5) is 33.1. The van der Waals surface area contributed by atoms with Crippen LogP contribution in [0.3, 0.4) is 0 Å². The highest BCUT2D eigenvalue weighted by molar-refractivity contribution is 7.16. The molecule has 1 amide bonds. The number of carbonyl (C=O) groups is 1. The SMILES string of the molecule is COc1c[nH]c(C(=O)N(C)c2nc3c(s2)CC(C(F)(F)F)CC3)cc1=O. The lowest BCUT2D eigenvalue weighted by Crippen LogP contribution is -2.28. The van der Waals surface area contributed by atoms with Crippen molar-refractivity contribution in [1.82, 2.24) is 9.97 Å². The van der Waals surface area contributed by atoms with Gasteiger partial charge in [-0.1, -0.05) is 0 Å². The number of pyridine rings is 1. The van der Waals surface area contributed by atoms with Gasteiger partial charge in [0.2, 0.25) is 5.43 Å². The number of methoxy groups -OCH3 is 1. The second-order valence-electron chi connectivity index (χ2n) is 5.99. The Hall–Kier alpha value is -2.36. The van der Waals surface area contributed by atoms with Crippen LogP contribution in [0.5, 0.6) is 5.75 Å². The fourth-order valence-corrected chi connectivity index (χ4v) is 3.94. The number of H-pyrrole nitrogens is 1. The number of ether oxygens (including phenoxy) is 1. The number of halogens is 3. The fourth-order valence-electron chi connectivity index (χ4n) is 2.79. The van der Waals surface area contributed by atoms with E-state index in [0.717, 1.165) is 17.4 Å². The van der Waals surface area contributed by atoms with Gasteiger partial charge in [-0.15, -0.1) is 11.3 Å². The van der Waals surface area contributed by atoms with Crippen LogP contribution < -0.4 is 15.1 Å². The highest BCUT2D eigenvalue weighted by Gasteiger charge is 2.42. The monoisotopic (exact) mass is 387 g/mol. The Labute approximate surface area is 150 Å². The largest absolute Gasteiger partial charge is 0.491 e. The average molecular weight is 387 g/mol. The minimum Gasteiger partial charge on any atom is -0.491 e. The van der Waals surface area contributed by atoms with E-state index < -0.39 is 23.4 Å². The molecule has 2 heterocycles. The van der Waals surface area contributed by atoms with Crippen molar-refractivity contribution in [2.75, 3.05) is 19.1 Å². The summed E-state index contributed by atoms with van der Waals surface area (Å²) in [5.41, 5.74) is 0.197. The van der Waals surface area contributed by atoms with Crippen LogP contribution in [0.1, 0.15) is 27.5 Å².